The number of hydrogen-bond acceptors (Lipinski definition) is 3. The summed E-state index contributed by atoms with van der Waals surface area (Å²) in [5.74, 6) is 0.0233. The lowest BCUT2D eigenvalue weighted by Gasteiger charge is -2.10. The van der Waals surface area contributed by atoms with Crippen LogP contribution >= 0.6 is 0 Å². The zero-order chi connectivity index (χ0) is 12.4. The van der Waals surface area contributed by atoms with Crippen LogP contribution in [0.3, 0.4) is 0 Å². The number of benzene rings is 1. The zero-order valence-corrected chi connectivity index (χ0v) is 9.97. The summed E-state index contributed by atoms with van der Waals surface area (Å²) in [6.45, 7) is 3.94. The van der Waals surface area contributed by atoms with E-state index in [9.17, 15) is 4.79 Å². The van der Waals surface area contributed by atoms with Gasteiger partial charge in [-0.15, -0.1) is 5.10 Å². The third kappa shape index (κ3) is 2.20. The van der Waals surface area contributed by atoms with Crippen molar-refractivity contribution in [1.29, 1.82) is 0 Å². The predicted molar refractivity (Wildman–Crippen MR) is 68.4 cm³/mol. The van der Waals surface area contributed by atoms with Crippen LogP contribution in [-0.2, 0) is 6.42 Å². The Morgan fingerprint density at radius 3 is 2.53 bits per heavy atom. The Labute approximate surface area is 99.7 Å². The minimum Gasteiger partial charge on any atom is -0.379 e. The molecule has 2 rings (SSSR count). The largest absolute Gasteiger partial charge is 0.379 e. The van der Waals surface area contributed by atoms with Gasteiger partial charge in [-0.2, -0.15) is 0 Å². The number of aryl methyl sites for hydroxylation is 2. The SMILES string of the molecule is CCc1ccc(-n2nc(N)c(=O)cc2C)cc1. The molecule has 0 unspecified atom stereocenters. The molecule has 0 amide bonds. The van der Waals surface area contributed by atoms with Crippen molar-refractivity contribution in [2.24, 2.45) is 0 Å². The van der Waals surface area contributed by atoms with Crippen LogP contribution in [-0.4, -0.2) is 9.78 Å². The summed E-state index contributed by atoms with van der Waals surface area (Å²) < 4.78 is 1.68. The van der Waals surface area contributed by atoms with Crippen molar-refractivity contribution in [2.75, 3.05) is 5.73 Å². The van der Waals surface area contributed by atoms with E-state index in [4.69, 9.17) is 5.73 Å². The van der Waals surface area contributed by atoms with Crippen LogP contribution in [0.4, 0.5) is 5.82 Å². The second-order valence-corrected chi connectivity index (χ2v) is 3.97. The summed E-state index contributed by atoms with van der Waals surface area (Å²) in [5.41, 5.74) is 8.25. The average Bonchev–Trinajstić information content (AvgIpc) is 2.34. The van der Waals surface area contributed by atoms with Crippen LogP contribution in [0.1, 0.15) is 18.2 Å². The highest BCUT2D eigenvalue weighted by Crippen LogP contribution is 2.11. The molecule has 0 spiro atoms. The minimum absolute atomic E-state index is 0.0233. The van der Waals surface area contributed by atoms with E-state index in [1.807, 2.05) is 31.2 Å². The molecule has 0 bridgehead atoms. The molecule has 0 aliphatic heterocycles. The maximum atomic E-state index is 11.3. The number of nitrogens with zero attached hydrogens (tertiary/aromatic N) is 2. The summed E-state index contributed by atoms with van der Waals surface area (Å²) in [7, 11) is 0. The molecule has 0 aliphatic rings. The van der Waals surface area contributed by atoms with E-state index in [2.05, 4.69) is 12.0 Å². The summed E-state index contributed by atoms with van der Waals surface area (Å²) in [5, 5.41) is 4.08. The topological polar surface area (TPSA) is 60.9 Å². The minimum atomic E-state index is -0.232. The summed E-state index contributed by atoms with van der Waals surface area (Å²) in [6.07, 6.45) is 0.999. The highest BCUT2D eigenvalue weighted by atomic mass is 16.1. The molecule has 1 aromatic heterocycles. The van der Waals surface area contributed by atoms with E-state index in [0.717, 1.165) is 17.8 Å². The van der Waals surface area contributed by atoms with Gasteiger partial charge in [0.05, 0.1) is 5.69 Å². The second-order valence-electron chi connectivity index (χ2n) is 3.97. The first-order chi connectivity index (χ1) is 8.11. The van der Waals surface area contributed by atoms with Crippen molar-refractivity contribution in [1.82, 2.24) is 9.78 Å². The van der Waals surface area contributed by atoms with E-state index in [1.54, 1.807) is 4.68 Å². The fraction of sp³-hybridized carbons (Fsp3) is 0.231. The lowest BCUT2D eigenvalue weighted by atomic mass is 10.1. The molecule has 17 heavy (non-hydrogen) atoms. The highest BCUT2D eigenvalue weighted by molar-refractivity contribution is 5.37. The second kappa shape index (κ2) is 4.41. The quantitative estimate of drug-likeness (QED) is 0.852. The van der Waals surface area contributed by atoms with Crippen molar-refractivity contribution in [3.05, 3.63) is 51.8 Å². The first-order valence-corrected chi connectivity index (χ1v) is 5.57. The van der Waals surface area contributed by atoms with E-state index >= 15 is 0 Å². The van der Waals surface area contributed by atoms with Crippen LogP contribution < -0.4 is 11.2 Å². The van der Waals surface area contributed by atoms with Gasteiger partial charge in [0.2, 0.25) is 5.43 Å². The molecule has 0 radical (unpaired) electrons. The van der Waals surface area contributed by atoms with Crippen LogP contribution in [0.25, 0.3) is 5.69 Å². The van der Waals surface area contributed by atoms with Gasteiger partial charge in [0.1, 0.15) is 0 Å². The standard InChI is InChI=1S/C13H15N3O/c1-3-10-4-6-11(7-5-10)16-9(2)8-12(17)13(14)15-16/h4-8H,3H2,1-2H3,(H2,14,15). The number of nitrogen functional groups attached to an aromatic ring is 1. The van der Waals surface area contributed by atoms with Crippen molar-refractivity contribution < 1.29 is 0 Å². The van der Waals surface area contributed by atoms with Crippen molar-refractivity contribution in [3.63, 3.8) is 0 Å². The molecular formula is C13H15N3O. The number of nitrogens with two attached hydrogens (primary N) is 1. The van der Waals surface area contributed by atoms with Gasteiger partial charge < -0.3 is 5.73 Å². The Morgan fingerprint density at radius 1 is 1.29 bits per heavy atom. The Hall–Kier alpha value is -2.10. The zero-order valence-electron chi connectivity index (χ0n) is 9.97. The molecule has 4 heteroatoms. The van der Waals surface area contributed by atoms with Crippen molar-refractivity contribution in [2.45, 2.75) is 20.3 Å². The maximum absolute atomic E-state index is 11.3. The normalized spacial score (nSPS) is 10.5. The van der Waals surface area contributed by atoms with Crippen molar-refractivity contribution >= 4 is 5.82 Å². The molecule has 4 nitrogen and oxygen atoms in total. The van der Waals surface area contributed by atoms with Gasteiger partial charge >= 0.3 is 0 Å². The summed E-state index contributed by atoms with van der Waals surface area (Å²) in [6, 6.07) is 9.54. The van der Waals surface area contributed by atoms with Gasteiger partial charge in [-0.05, 0) is 31.0 Å². The van der Waals surface area contributed by atoms with Crippen molar-refractivity contribution in [3.8, 4) is 5.69 Å². The van der Waals surface area contributed by atoms with Gasteiger partial charge in [-0.3, -0.25) is 4.79 Å². The van der Waals surface area contributed by atoms with Crippen LogP contribution in [0.5, 0.6) is 0 Å². The van der Waals surface area contributed by atoms with Gasteiger partial charge in [-0.25, -0.2) is 4.68 Å². The molecule has 0 fully saturated rings. The predicted octanol–water partition coefficient (Wildman–Crippen LogP) is 1.69. The summed E-state index contributed by atoms with van der Waals surface area (Å²) >= 11 is 0. The lowest BCUT2D eigenvalue weighted by molar-refractivity contribution is 0.807. The fourth-order valence-electron chi connectivity index (χ4n) is 1.69. The van der Waals surface area contributed by atoms with Crippen LogP contribution in [0.15, 0.2) is 35.1 Å². The molecule has 0 atom stereocenters. The molecule has 1 heterocycles. The van der Waals surface area contributed by atoms with Gasteiger partial charge in [0, 0.05) is 11.8 Å². The number of anilines is 1. The van der Waals surface area contributed by atoms with E-state index in [0.29, 0.717) is 0 Å². The van der Waals surface area contributed by atoms with E-state index in [1.165, 1.54) is 11.6 Å². The Bertz CT molecular complexity index is 585. The molecule has 0 aliphatic carbocycles. The van der Waals surface area contributed by atoms with E-state index < -0.39 is 0 Å². The maximum Gasteiger partial charge on any atom is 0.224 e. The van der Waals surface area contributed by atoms with Gasteiger partial charge in [-0.1, -0.05) is 19.1 Å². The van der Waals surface area contributed by atoms with Crippen LogP contribution in [0, 0.1) is 6.92 Å². The third-order valence-electron chi connectivity index (χ3n) is 2.72. The van der Waals surface area contributed by atoms with Gasteiger partial charge in [0.25, 0.3) is 0 Å². The smallest absolute Gasteiger partial charge is 0.224 e. The summed E-state index contributed by atoms with van der Waals surface area (Å²) in [4.78, 5) is 11.3. The molecule has 88 valence electrons. The molecule has 1 aromatic carbocycles. The lowest BCUT2D eigenvalue weighted by Crippen LogP contribution is -2.17. The van der Waals surface area contributed by atoms with Crippen LogP contribution in [0.2, 0.25) is 0 Å². The average molecular weight is 229 g/mol. The number of aromatic nitrogens is 2. The Kier molecular flexibility index (Phi) is 2.95. The molecule has 2 aromatic rings. The molecule has 2 N–H and O–H groups in total. The third-order valence-corrected chi connectivity index (χ3v) is 2.72. The first kappa shape index (κ1) is 11.4. The monoisotopic (exact) mass is 229 g/mol. The van der Waals surface area contributed by atoms with E-state index in [-0.39, 0.29) is 11.2 Å². The van der Waals surface area contributed by atoms with Gasteiger partial charge in [0.15, 0.2) is 5.82 Å². The highest BCUT2D eigenvalue weighted by Gasteiger charge is 2.04. The molecular weight excluding hydrogens is 214 g/mol. The fourth-order valence-corrected chi connectivity index (χ4v) is 1.69. The first-order valence-electron chi connectivity index (χ1n) is 5.57. The molecule has 0 saturated carbocycles. The number of rotatable bonds is 2. The Morgan fingerprint density at radius 2 is 1.94 bits per heavy atom. The number of hydrogen-bond donors (Lipinski definition) is 1. The molecule has 0 saturated heterocycles. The Balaban J connectivity index is 2.52.